The van der Waals surface area contributed by atoms with Crippen LogP contribution in [0.3, 0.4) is 0 Å². The Balaban J connectivity index is 0.918. The van der Waals surface area contributed by atoms with E-state index < -0.39 is 11.2 Å². The highest BCUT2D eigenvalue weighted by molar-refractivity contribution is 7.18. The van der Waals surface area contributed by atoms with Gasteiger partial charge in [-0.1, -0.05) is 55.5 Å². The predicted octanol–water partition coefficient (Wildman–Crippen LogP) is 6.06. The normalized spacial score (nSPS) is 33.6. The molecule has 8 fully saturated rings. The molecule has 4 saturated heterocycles. The number of thiazole rings is 1. The summed E-state index contributed by atoms with van der Waals surface area (Å²) < 4.78 is 5.94. The van der Waals surface area contributed by atoms with Crippen molar-refractivity contribution in [2.75, 3.05) is 0 Å². The molecule has 8 bridgehead atoms. The van der Waals surface area contributed by atoms with Crippen molar-refractivity contribution in [2.45, 2.75) is 145 Å². The van der Waals surface area contributed by atoms with Crippen LogP contribution >= 0.6 is 11.3 Å². The molecule has 0 radical (unpaired) electrons. The number of fused-ring (bicyclic) bond motifs is 2. The molecular weight excluding hydrogens is 657 g/mol. The van der Waals surface area contributed by atoms with Gasteiger partial charge < -0.3 is 20.0 Å². The van der Waals surface area contributed by atoms with E-state index >= 15 is 0 Å². The summed E-state index contributed by atoms with van der Waals surface area (Å²) in [6, 6.07) is 17.8. The maximum atomic E-state index is 14.1. The first-order valence-corrected chi connectivity index (χ1v) is 20.3. The zero-order chi connectivity index (χ0) is 34.9. The fraction of sp³-hybridized carbons (Fsp3) is 0.595. The van der Waals surface area contributed by atoms with Crippen LogP contribution in [0.25, 0.3) is 21.1 Å². The Bertz CT molecular complexity index is 2030. The first-order chi connectivity index (χ1) is 24.4. The van der Waals surface area contributed by atoms with Crippen LogP contribution in [0.5, 0.6) is 0 Å². The van der Waals surface area contributed by atoms with E-state index in [0.717, 1.165) is 69.7 Å². The standard InChI is InChI=1S/C42H51N4O4S/c1-40(2,23-38(48)46-30-15-27-16-31(46)22-42(50,18-27)21-30)33-24-43(34-8-4-3-7-32(33)34)25-44-35-9-5-6-10-36(35)51-39(44)12-11-37(47)45-28-13-26-14-29(45)20-41(49,17-26)19-28/h3-10,24,26-31,49-50H,11-23,25H2,1-2H3/q+1. The molecule has 9 heteroatoms. The van der Waals surface area contributed by atoms with Crippen molar-refractivity contribution in [2.24, 2.45) is 11.8 Å². The van der Waals surface area contributed by atoms with E-state index in [-0.39, 0.29) is 41.4 Å². The molecule has 2 aromatic carbocycles. The predicted molar refractivity (Wildman–Crippen MR) is 197 cm³/mol. The van der Waals surface area contributed by atoms with E-state index in [1.165, 1.54) is 26.2 Å². The number of aliphatic hydroxyl groups is 2. The minimum atomic E-state index is -0.567. The summed E-state index contributed by atoms with van der Waals surface area (Å²) in [6.45, 7) is 5.05. The average molecular weight is 708 g/mol. The SMILES string of the molecule is CC(C)(CC(=O)N1C2CC3CC1CC(O)(C3)C2)c1cn(C[n+]2c(CCC(=O)N3C4CC5CC3CC(O)(C5)C4)sc3ccccc32)c2ccccc12. The van der Waals surface area contributed by atoms with Gasteiger partial charge in [0.1, 0.15) is 4.70 Å². The van der Waals surface area contributed by atoms with Gasteiger partial charge in [-0.15, -0.1) is 0 Å². The molecule has 4 aliphatic carbocycles. The number of benzene rings is 2. The van der Waals surface area contributed by atoms with Gasteiger partial charge in [0.15, 0.2) is 0 Å². The van der Waals surface area contributed by atoms with Gasteiger partial charge in [0.25, 0.3) is 0 Å². The second-order valence-corrected chi connectivity index (χ2v) is 19.3. The Kier molecular flexibility index (Phi) is 7.22. The number of hydrogen-bond donors (Lipinski definition) is 2. The lowest BCUT2D eigenvalue weighted by Gasteiger charge is -2.60. The summed E-state index contributed by atoms with van der Waals surface area (Å²) in [5.41, 5.74) is 1.99. The molecule has 6 heterocycles. The van der Waals surface area contributed by atoms with Crippen molar-refractivity contribution in [3.05, 3.63) is 65.3 Å². The van der Waals surface area contributed by atoms with Crippen LogP contribution in [0, 0.1) is 11.8 Å². The lowest BCUT2D eigenvalue weighted by molar-refractivity contribution is -0.678. The lowest BCUT2D eigenvalue weighted by atomic mass is 9.61. The van der Waals surface area contributed by atoms with E-state index in [2.05, 4.69) is 87.5 Å². The Labute approximate surface area is 304 Å². The number of carbonyl (C=O) groups is 2. The van der Waals surface area contributed by atoms with Gasteiger partial charge in [-0.25, -0.2) is 0 Å². The van der Waals surface area contributed by atoms with Gasteiger partial charge >= 0.3 is 0 Å². The van der Waals surface area contributed by atoms with Crippen molar-refractivity contribution < 1.29 is 24.4 Å². The second-order valence-electron chi connectivity index (χ2n) is 18.2. The molecule has 2 N–H and O–H groups in total. The first-order valence-electron chi connectivity index (χ1n) is 19.5. The zero-order valence-corrected chi connectivity index (χ0v) is 30.8. The van der Waals surface area contributed by atoms with E-state index in [4.69, 9.17) is 0 Å². The molecule has 8 nitrogen and oxygen atoms in total. The Morgan fingerprint density at radius 3 is 2.00 bits per heavy atom. The number of rotatable bonds is 8. The molecule has 4 aromatic rings. The third-order valence-electron chi connectivity index (χ3n) is 14.0. The van der Waals surface area contributed by atoms with E-state index in [1.807, 2.05) is 0 Å². The molecule has 4 atom stereocenters. The van der Waals surface area contributed by atoms with Crippen molar-refractivity contribution in [3.63, 3.8) is 0 Å². The highest BCUT2D eigenvalue weighted by Gasteiger charge is 2.56. The Hall–Kier alpha value is -3.27. The number of hydrogen-bond acceptors (Lipinski definition) is 5. The van der Waals surface area contributed by atoms with E-state index in [9.17, 15) is 19.8 Å². The number of amides is 2. The summed E-state index contributed by atoms with van der Waals surface area (Å²) in [5, 5.41) is 24.6. The number of aromatic nitrogens is 2. The van der Waals surface area contributed by atoms with Crippen LogP contribution in [0.1, 0.15) is 101 Å². The number of carbonyl (C=O) groups excluding carboxylic acids is 2. The van der Waals surface area contributed by atoms with Crippen LogP contribution in [0.4, 0.5) is 0 Å². The smallest absolute Gasteiger partial charge is 0.240 e. The molecule has 8 aliphatic rings. The van der Waals surface area contributed by atoms with Crippen molar-refractivity contribution in [1.82, 2.24) is 14.4 Å². The van der Waals surface area contributed by atoms with Gasteiger partial charge in [0.05, 0.1) is 23.1 Å². The van der Waals surface area contributed by atoms with Crippen molar-refractivity contribution >= 4 is 44.3 Å². The maximum absolute atomic E-state index is 14.1. The molecular formula is C42H51N4O4S+. The van der Waals surface area contributed by atoms with Crippen molar-refractivity contribution in [1.29, 1.82) is 0 Å². The first kappa shape index (κ1) is 32.4. The molecule has 2 aromatic heterocycles. The minimum Gasteiger partial charge on any atom is -0.390 e. The quantitative estimate of drug-likeness (QED) is 0.218. The average Bonchev–Trinajstić information content (AvgIpc) is 3.60. The molecule has 12 rings (SSSR count). The third kappa shape index (κ3) is 5.31. The molecule has 4 unspecified atom stereocenters. The molecule has 51 heavy (non-hydrogen) atoms. The largest absolute Gasteiger partial charge is 0.390 e. The summed E-state index contributed by atoms with van der Waals surface area (Å²) in [4.78, 5) is 32.4. The van der Waals surface area contributed by atoms with Crippen LogP contribution in [0.2, 0.25) is 0 Å². The Morgan fingerprint density at radius 1 is 0.804 bits per heavy atom. The third-order valence-corrected chi connectivity index (χ3v) is 15.2. The van der Waals surface area contributed by atoms with E-state index in [1.54, 1.807) is 11.3 Å². The number of para-hydroxylation sites is 2. The summed E-state index contributed by atoms with van der Waals surface area (Å²) in [7, 11) is 0. The maximum Gasteiger partial charge on any atom is 0.240 e. The monoisotopic (exact) mass is 707 g/mol. The molecule has 4 aliphatic heterocycles. The molecule has 0 spiro atoms. The summed E-state index contributed by atoms with van der Waals surface area (Å²) in [5.74, 6) is 1.58. The van der Waals surface area contributed by atoms with Gasteiger partial charge in [0.2, 0.25) is 29.0 Å². The minimum absolute atomic E-state index is 0.172. The fourth-order valence-corrected chi connectivity index (χ4v) is 13.5. The molecule has 268 valence electrons. The number of nitrogens with zero attached hydrogens (tertiary/aromatic N) is 4. The highest BCUT2D eigenvalue weighted by Crippen LogP contribution is 2.53. The second kappa shape index (κ2) is 11.4. The summed E-state index contributed by atoms with van der Waals surface area (Å²) in [6.07, 6.45) is 12.8. The van der Waals surface area contributed by atoms with Crippen LogP contribution in [-0.4, -0.2) is 71.8 Å². The lowest BCUT2D eigenvalue weighted by Crippen LogP contribution is -2.66. The van der Waals surface area contributed by atoms with Crippen molar-refractivity contribution in [3.8, 4) is 0 Å². The number of aryl methyl sites for hydroxylation is 1. The summed E-state index contributed by atoms with van der Waals surface area (Å²) >= 11 is 1.78. The number of piperidine rings is 4. The molecule has 4 saturated carbocycles. The van der Waals surface area contributed by atoms with Gasteiger partial charge in [-0.05, 0) is 93.7 Å². The van der Waals surface area contributed by atoms with Gasteiger partial charge in [-0.2, -0.15) is 4.57 Å². The fourth-order valence-electron chi connectivity index (χ4n) is 12.4. The Morgan fingerprint density at radius 2 is 1.37 bits per heavy atom. The van der Waals surface area contributed by atoms with Gasteiger partial charge in [-0.3, -0.25) is 14.2 Å². The van der Waals surface area contributed by atoms with Gasteiger partial charge in [0, 0.05) is 60.1 Å². The van der Waals surface area contributed by atoms with Crippen LogP contribution in [0.15, 0.2) is 54.7 Å². The van der Waals surface area contributed by atoms with Crippen LogP contribution < -0.4 is 4.57 Å². The zero-order valence-electron chi connectivity index (χ0n) is 30.0. The topological polar surface area (TPSA) is 89.9 Å². The van der Waals surface area contributed by atoms with Crippen LogP contribution in [-0.2, 0) is 28.1 Å². The highest BCUT2D eigenvalue weighted by atomic mass is 32.1. The van der Waals surface area contributed by atoms with E-state index in [0.29, 0.717) is 37.8 Å². The molecule has 2 amide bonds.